The van der Waals surface area contributed by atoms with E-state index in [1.807, 2.05) is 41.8 Å². The largest absolute Gasteiger partial charge is 0.301 e. The number of carbonyl (C=O) groups is 1. The van der Waals surface area contributed by atoms with Crippen molar-refractivity contribution in [2.45, 2.75) is 11.3 Å². The van der Waals surface area contributed by atoms with Gasteiger partial charge >= 0.3 is 0 Å². The van der Waals surface area contributed by atoms with Gasteiger partial charge in [-0.1, -0.05) is 72.8 Å². The molecule has 1 heterocycles. The summed E-state index contributed by atoms with van der Waals surface area (Å²) in [5.74, 6) is 0.325. The van der Waals surface area contributed by atoms with Crippen LogP contribution in [-0.2, 0) is 11.2 Å². The Balaban J connectivity index is 1.34. The smallest absolute Gasteiger partial charge is 0.236 e. The van der Waals surface area contributed by atoms with Gasteiger partial charge in [-0.15, -0.1) is 23.1 Å². The molecule has 0 aliphatic heterocycles. The van der Waals surface area contributed by atoms with E-state index in [1.165, 1.54) is 34.2 Å². The third-order valence-electron chi connectivity index (χ3n) is 4.36. The molecule has 1 amide bonds. The molecule has 5 heteroatoms. The van der Waals surface area contributed by atoms with Crippen LogP contribution in [-0.4, -0.2) is 16.6 Å². The van der Waals surface area contributed by atoms with Gasteiger partial charge in [0.1, 0.15) is 0 Å². The number of hydrogen-bond donors (Lipinski definition) is 1. The van der Waals surface area contributed by atoms with Crippen LogP contribution in [0, 0.1) is 0 Å². The minimum absolute atomic E-state index is 0.0436. The summed E-state index contributed by atoms with van der Waals surface area (Å²) in [5, 5.41) is 5.50. The number of amides is 1. The lowest BCUT2D eigenvalue weighted by molar-refractivity contribution is -0.113. The van der Waals surface area contributed by atoms with Crippen LogP contribution in [0.2, 0.25) is 0 Å². The van der Waals surface area contributed by atoms with Gasteiger partial charge in [-0.2, -0.15) is 0 Å². The van der Waals surface area contributed by atoms with Crippen molar-refractivity contribution < 1.29 is 4.79 Å². The summed E-state index contributed by atoms with van der Waals surface area (Å²) in [7, 11) is 0. The zero-order valence-electron chi connectivity index (χ0n) is 15.7. The molecule has 4 rings (SSSR count). The minimum Gasteiger partial charge on any atom is -0.301 e. The van der Waals surface area contributed by atoms with Crippen molar-refractivity contribution in [3.63, 3.8) is 0 Å². The second kappa shape index (κ2) is 9.54. The molecule has 3 aromatic carbocycles. The molecule has 4 aromatic rings. The summed E-state index contributed by atoms with van der Waals surface area (Å²) in [6.45, 7) is 0. The fraction of sp³-hybridized carbons (Fsp3) is 0.0833. The van der Waals surface area contributed by atoms with E-state index in [-0.39, 0.29) is 5.91 Å². The van der Waals surface area contributed by atoms with E-state index < -0.39 is 0 Å². The second-order valence-electron chi connectivity index (χ2n) is 6.55. The predicted octanol–water partition coefficient (Wildman–Crippen LogP) is 6.13. The molecule has 144 valence electrons. The SMILES string of the molecule is O=C(CSc1ccccc1)Nc1nc(-c2ccc(Cc3ccccc3)cc2)cs1. The Morgan fingerprint density at radius 1 is 0.862 bits per heavy atom. The number of aromatic nitrogens is 1. The first-order valence-corrected chi connectivity index (χ1v) is 11.2. The molecule has 0 spiro atoms. The maximum atomic E-state index is 12.2. The van der Waals surface area contributed by atoms with Crippen LogP contribution in [0.4, 0.5) is 5.13 Å². The molecule has 0 saturated heterocycles. The van der Waals surface area contributed by atoms with Gasteiger partial charge in [-0.05, 0) is 29.7 Å². The van der Waals surface area contributed by atoms with E-state index in [1.54, 1.807) is 0 Å². The predicted molar refractivity (Wildman–Crippen MR) is 123 cm³/mol. The minimum atomic E-state index is -0.0436. The van der Waals surface area contributed by atoms with Gasteiger partial charge in [0.05, 0.1) is 11.4 Å². The Kier molecular flexibility index (Phi) is 6.39. The van der Waals surface area contributed by atoms with Crippen LogP contribution in [0.1, 0.15) is 11.1 Å². The summed E-state index contributed by atoms with van der Waals surface area (Å²) in [4.78, 5) is 17.8. The number of anilines is 1. The van der Waals surface area contributed by atoms with E-state index in [0.29, 0.717) is 10.9 Å². The highest BCUT2D eigenvalue weighted by molar-refractivity contribution is 8.00. The fourth-order valence-electron chi connectivity index (χ4n) is 2.91. The van der Waals surface area contributed by atoms with Gasteiger partial charge in [0.2, 0.25) is 5.91 Å². The lowest BCUT2D eigenvalue weighted by Gasteiger charge is -2.04. The molecule has 0 saturated carbocycles. The molecule has 0 aliphatic rings. The van der Waals surface area contributed by atoms with Gasteiger partial charge in [-0.3, -0.25) is 4.79 Å². The highest BCUT2D eigenvalue weighted by Crippen LogP contribution is 2.26. The van der Waals surface area contributed by atoms with Crippen LogP contribution in [0.5, 0.6) is 0 Å². The molecule has 29 heavy (non-hydrogen) atoms. The number of thiazole rings is 1. The number of hydrogen-bond acceptors (Lipinski definition) is 4. The van der Waals surface area contributed by atoms with Crippen molar-refractivity contribution in [2.75, 3.05) is 11.1 Å². The van der Waals surface area contributed by atoms with E-state index in [9.17, 15) is 4.79 Å². The second-order valence-corrected chi connectivity index (χ2v) is 8.45. The number of nitrogens with zero attached hydrogens (tertiary/aromatic N) is 1. The highest BCUT2D eigenvalue weighted by Gasteiger charge is 2.09. The number of carbonyl (C=O) groups excluding carboxylic acids is 1. The van der Waals surface area contributed by atoms with Crippen molar-refractivity contribution in [2.24, 2.45) is 0 Å². The van der Waals surface area contributed by atoms with Crippen LogP contribution in [0.15, 0.2) is 95.2 Å². The molecule has 0 atom stereocenters. The van der Waals surface area contributed by atoms with E-state index in [0.717, 1.165) is 22.6 Å². The Labute approximate surface area is 178 Å². The zero-order chi connectivity index (χ0) is 19.9. The van der Waals surface area contributed by atoms with E-state index in [4.69, 9.17) is 0 Å². The monoisotopic (exact) mass is 416 g/mol. The number of nitrogens with one attached hydrogen (secondary N) is 1. The zero-order valence-corrected chi connectivity index (χ0v) is 17.4. The summed E-state index contributed by atoms with van der Waals surface area (Å²) in [6.07, 6.45) is 0.915. The molecule has 0 aliphatic carbocycles. The van der Waals surface area contributed by atoms with Crippen molar-refractivity contribution in [1.29, 1.82) is 0 Å². The van der Waals surface area contributed by atoms with Gasteiger partial charge in [-0.25, -0.2) is 4.98 Å². The molecule has 1 N–H and O–H groups in total. The van der Waals surface area contributed by atoms with Gasteiger partial charge in [0, 0.05) is 15.8 Å². The molecule has 0 unspecified atom stereocenters. The normalized spacial score (nSPS) is 10.6. The number of thioether (sulfide) groups is 1. The van der Waals surface area contributed by atoms with Crippen molar-refractivity contribution in [1.82, 2.24) is 4.98 Å². The first-order chi connectivity index (χ1) is 14.3. The number of rotatable bonds is 7. The first-order valence-electron chi connectivity index (χ1n) is 9.33. The van der Waals surface area contributed by atoms with Crippen LogP contribution in [0.25, 0.3) is 11.3 Å². The van der Waals surface area contributed by atoms with Crippen LogP contribution in [0.3, 0.4) is 0 Å². The third kappa shape index (κ3) is 5.56. The molecule has 3 nitrogen and oxygen atoms in total. The summed E-state index contributed by atoms with van der Waals surface area (Å²) in [6, 6.07) is 28.8. The lowest BCUT2D eigenvalue weighted by atomic mass is 10.0. The quantitative estimate of drug-likeness (QED) is 0.368. The van der Waals surface area contributed by atoms with Crippen molar-refractivity contribution in [3.05, 3.63) is 101 Å². The lowest BCUT2D eigenvalue weighted by Crippen LogP contribution is -2.13. The summed E-state index contributed by atoms with van der Waals surface area (Å²) >= 11 is 2.97. The van der Waals surface area contributed by atoms with Gasteiger partial charge in [0.25, 0.3) is 0 Å². The standard InChI is InChI=1S/C24H20N2OS2/c27-23(17-28-21-9-5-2-6-10-21)26-24-25-22(16-29-24)20-13-11-19(12-14-20)15-18-7-3-1-4-8-18/h1-14,16H,15,17H2,(H,25,26,27). The van der Waals surface area contributed by atoms with Gasteiger partial charge < -0.3 is 5.32 Å². The third-order valence-corrected chi connectivity index (χ3v) is 6.13. The topological polar surface area (TPSA) is 42.0 Å². The Morgan fingerprint density at radius 3 is 2.24 bits per heavy atom. The molecular weight excluding hydrogens is 396 g/mol. The van der Waals surface area contributed by atoms with Crippen LogP contribution < -0.4 is 5.32 Å². The Morgan fingerprint density at radius 2 is 1.52 bits per heavy atom. The maximum Gasteiger partial charge on any atom is 0.236 e. The number of benzene rings is 3. The van der Waals surface area contributed by atoms with Gasteiger partial charge in [0.15, 0.2) is 5.13 Å². The Bertz CT molecular complexity index is 1060. The van der Waals surface area contributed by atoms with E-state index >= 15 is 0 Å². The average molecular weight is 417 g/mol. The maximum absolute atomic E-state index is 12.2. The molecular formula is C24H20N2OS2. The molecule has 0 fully saturated rings. The van der Waals surface area contributed by atoms with Crippen LogP contribution >= 0.6 is 23.1 Å². The molecule has 0 bridgehead atoms. The van der Waals surface area contributed by atoms with E-state index in [2.05, 4.69) is 58.8 Å². The summed E-state index contributed by atoms with van der Waals surface area (Å²) < 4.78 is 0. The molecule has 0 radical (unpaired) electrons. The highest BCUT2D eigenvalue weighted by atomic mass is 32.2. The fourth-order valence-corrected chi connectivity index (χ4v) is 4.36. The average Bonchev–Trinajstić information content (AvgIpc) is 3.23. The first kappa shape index (κ1) is 19.4. The summed E-state index contributed by atoms with van der Waals surface area (Å²) in [5.41, 5.74) is 4.50. The Hall–Kier alpha value is -2.89. The van der Waals surface area contributed by atoms with Crippen molar-refractivity contribution >= 4 is 34.1 Å². The van der Waals surface area contributed by atoms with Crippen molar-refractivity contribution in [3.8, 4) is 11.3 Å². The molecule has 1 aromatic heterocycles.